The van der Waals surface area contributed by atoms with Gasteiger partial charge in [-0.15, -0.1) is 0 Å². The lowest BCUT2D eigenvalue weighted by molar-refractivity contribution is -0.141. The van der Waals surface area contributed by atoms with Crippen LogP contribution in [0, 0.1) is 0 Å². The zero-order valence-corrected chi connectivity index (χ0v) is 16.8. The van der Waals surface area contributed by atoms with Gasteiger partial charge in [-0.05, 0) is 18.6 Å². The number of thiazole rings is 1. The lowest BCUT2D eigenvalue weighted by Crippen LogP contribution is -2.14. The smallest absolute Gasteiger partial charge is 0.329 e. The van der Waals surface area contributed by atoms with Crippen molar-refractivity contribution < 1.29 is 13.2 Å². The minimum Gasteiger partial charge on any atom is -0.329 e. The third-order valence-electron chi connectivity index (χ3n) is 3.73. The summed E-state index contributed by atoms with van der Waals surface area (Å²) in [5.74, 6) is 0. The van der Waals surface area contributed by atoms with Crippen LogP contribution < -0.4 is 5.32 Å². The van der Waals surface area contributed by atoms with Gasteiger partial charge in [0.25, 0.3) is 0 Å². The normalized spacial score (nSPS) is 13.0. The molecule has 1 unspecified atom stereocenters. The summed E-state index contributed by atoms with van der Waals surface area (Å²) >= 11 is 19.0. The molecule has 2 aromatic heterocycles. The lowest BCUT2D eigenvalue weighted by atomic mass is 10.1. The average molecular weight is 456 g/mol. The third-order valence-corrected chi connectivity index (χ3v) is 5.62. The first-order valence-electron chi connectivity index (χ1n) is 7.67. The highest BCUT2D eigenvalue weighted by Gasteiger charge is 2.39. The number of alkyl halides is 3. The average Bonchev–Trinajstić information content (AvgIpc) is 3.21. The molecule has 1 N–H and O–H groups in total. The molecule has 27 heavy (non-hydrogen) atoms. The molecular weight excluding hydrogens is 444 g/mol. The molecule has 11 heteroatoms. The van der Waals surface area contributed by atoms with Gasteiger partial charge in [0.05, 0.1) is 33.0 Å². The number of rotatable bonds is 5. The van der Waals surface area contributed by atoms with Crippen LogP contribution in [0.5, 0.6) is 0 Å². The third kappa shape index (κ3) is 4.34. The van der Waals surface area contributed by atoms with Crippen LogP contribution in [0.3, 0.4) is 0 Å². The summed E-state index contributed by atoms with van der Waals surface area (Å²) in [4.78, 5) is 7.75. The van der Waals surface area contributed by atoms with Gasteiger partial charge < -0.3 is 9.88 Å². The monoisotopic (exact) mass is 454 g/mol. The van der Waals surface area contributed by atoms with Gasteiger partial charge in [0.1, 0.15) is 0 Å². The van der Waals surface area contributed by atoms with Gasteiger partial charge in [0.2, 0.25) is 0 Å². The van der Waals surface area contributed by atoms with Crippen LogP contribution in [0.4, 0.5) is 24.0 Å². The zero-order valence-electron chi connectivity index (χ0n) is 13.7. The standard InChI is InChI=1S/C16H12Cl3F3N4S/c1-2-11(26-4-3-23-7-26)13-14(16(20,21)22)25-15(27-13)24-12-9(18)5-8(17)6-10(12)19/h3-7,11H,2H2,1H3,(H,24,25). The predicted molar refractivity (Wildman–Crippen MR) is 103 cm³/mol. The van der Waals surface area contributed by atoms with E-state index in [4.69, 9.17) is 34.8 Å². The van der Waals surface area contributed by atoms with Gasteiger partial charge in [0, 0.05) is 17.4 Å². The number of nitrogens with zero attached hydrogens (tertiary/aromatic N) is 3. The fourth-order valence-corrected chi connectivity index (χ4v) is 4.66. The Bertz CT molecular complexity index is 918. The number of aromatic nitrogens is 3. The van der Waals surface area contributed by atoms with Crippen LogP contribution in [0.25, 0.3) is 0 Å². The maximum Gasteiger partial charge on any atom is 0.434 e. The minimum absolute atomic E-state index is 0.0296. The Hall–Kier alpha value is -1.48. The quantitative estimate of drug-likeness (QED) is 0.448. The van der Waals surface area contributed by atoms with Crippen molar-refractivity contribution in [2.24, 2.45) is 0 Å². The van der Waals surface area contributed by atoms with Gasteiger partial charge in [-0.25, -0.2) is 9.97 Å². The van der Waals surface area contributed by atoms with Gasteiger partial charge in [-0.2, -0.15) is 13.2 Å². The van der Waals surface area contributed by atoms with Crippen molar-refractivity contribution in [1.29, 1.82) is 0 Å². The number of nitrogens with one attached hydrogen (secondary N) is 1. The summed E-state index contributed by atoms with van der Waals surface area (Å²) in [5, 5.41) is 3.49. The van der Waals surface area contributed by atoms with E-state index < -0.39 is 17.9 Å². The van der Waals surface area contributed by atoms with E-state index in [9.17, 15) is 13.2 Å². The molecule has 1 aromatic carbocycles. The molecule has 4 nitrogen and oxygen atoms in total. The zero-order chi connectivity index (χ0) is 19.8. The van der Waals surface area contributed by atoms with Crippen LogP contribution in [-0.2, 0) is 6.18 Å². The maximum atomic E-state index is 13.6. The molecule has 3 aromatic rings. The van der Waals surface area contributed by atoms with E-state index in [-0.39, 0.29) is 25.7 Å². The first-order chi connectivity index (χ1) is 12.7. The topological polar surface area (TPSA) is 42.7 Å². The van der Waals surface area contributed by atoms with Crippen molar-refractivity contribution >= 4 is 57.0 Å². The molecule has 0 aliphatic rings. The number of hydrogen-bond donors (Lipinski definition) is 1. The maximum absolute atomic E-state index is 13.6. The number of hydrogen-bond acceptors (Lipinski definition) is 4. The van der Waals surface area contributed by atoms with E-state index in [1.165, 1.54) is 24.7 Å². The minimum atomic E-state index is -4.60. The Labute approximate surface area is 171 Å². The van der Waals surface area contributed by atoms with Crippen molar-refractivity contribution in [3.63, 3.8) is 0 Å². The highest BCUT2D eigenvalue weighted by molar-refractivity contribution is 7.15. The summed E-state index contributed by atoms with van der Waals surface area (Å²) < 4.78 is 42.3. The summed E-state index contributed by atoms with van der Waals surface area (Å²) in [6.45, 7) is 1.80. The summed E-state index contributed by atoms with van der Waals surface area (Å²) in [7, 11) is 0. The number of anilines is 2. The highest BCUT2D eigenvalue weighted by atomic mass is 35.5. The van der Waals surface area contributed by atoms with Gasteiger partial charge in [-0.1, -0.05) is 53.1 Å². The molecule has 1 atom stereocenters. The second-order valence-corrected chi connectivity index (χ2v) is 7.81. The second-order valence-electron chi connectivity index (χ2n) is 5.53. The molecule has 0 bridgehead atoms. The van der Waals surface area contributed by atoms with Crippen molar-refractivity contribution in [2.45, 2.75) is 25.6 Å². The van der Waals surface area contributed by atoms with Crippen molar-refractivity contribution in [2.75, 3.05) is 5.32 Å². The van der Waals surface area contributed by atoms with E-state index >= 15 is 0 Å². The molecule has 0 aliphatic heterocycles. The number of halogens is 6. The Balaban J connectivity index is 2.05. The summed E-state index contributed by atoms with van der Waals surface area (Å²) in [6, 6.07) is 2.33. The molecule has 0 fully saturated rings. The van der Waals surface area contributed by atoms with E-state index in [1.54, 1.807) is 17.7 Å². The number of benzene rings is 1. The van der Waals surface area contributed by atoms with Gasteiger partial charge in [-0.3, -0.25) is 0 Å². The molecule has 0 aliphatic carbocycles. The van der Waals surface area contributed by atoms with Crippen LogP contribution in [0.15, 0.2) is 30.9 Å². The van der Waals surface area contributed by atoms with Crippen LogP contribution in [0.2, 0.25) is 15.1 Å². The SMILES string of the molecule is CCC(c1sc(Nc2c(Cl)cc(Cl)cc2Cl)nc1C(F)(F)F)n1ccnc1. The van der Waals surface area contributed by atoms with E-state index in [0.717, 1.165) is 11.3 Å². The second kappa shape index (κ2) is 7.87. The molecule has 3 rings (SSSR count). The Kier molecular flexibility index (Phi) is 5.90. The molecule has 0 radical (unpaired) electrons. The fraction of sp³-hybridized carbons (Fsp3) is 0.250. The molecule has 0 amide bonds. The Morgan fingerprint density at radius 1 is 1.22 bits per heavy atom. The molecule has 144 valence electrons. The molecule has 2 heterocycles. The lowest BCUT2D eigenvalue weighted by Gasteiger charge is -2.17. The summed E-state index contributed by atoms with van der Waals surface area (Å²) in [6.07, 6.45) is 0.447. The van der Waals surface area contributed by atoms with Crippen molar-refractivity contribution in [1.82, 2.24) is 14.5 Å². The Morgan fingerprint density at radius 3 is 2.41 bits per heavy atom. The van der Waals surface area contributed by atoms with Gasteiger partial charge in [0.15, 0.2) is 10.8 Å². The highest BCUT2D eigenvalue weighted by Crippen LogP contribution is 2.43. The predicted octanol–water partition coefficient (Wildman–Crippen LogP) is 7.06. The molecule has 0 spiro atoms. The van der Waals surface area contributed by atoms with Crippen LogP contribution >= 0.6 is 46.1 Å². The fourth-order valence-electron chi connectivity index (χ4n) is 2.57. The first kappa shape index (κ1) is 20.3. The van der Waals surface area contributed by atoms with Gasteiger partial charge >= 0.3 is 6.18 Å². The molecule has 0 saturated heterocycles. The van der Waals surface area contributed by atoms with E-state index in [2.05, 4.69) is 15.3 Å². The van der Waals surface area contributed by atoms with E-state index in [1.807, 2.05) is 0 Å². The Morgan fingerprint density at radius 2 is 1.89 bits per heavy atom. The van der Waals surface area contributed by atoms with Crippen LogP contribution in [0.1, 0.15) is 30.0 Å². The van der Waals surface area contributed by atoms with E-state index in [0.29, 0.717) is 11.4 Å². The largest absolute Gasteiger partial charge is 0.434 e. The summed E-state index contributed by atoms with van der Waals surface area (Å²) in [5.41, 5.74) is -0.704. The molecular formula is C16H12Cl3F3N4S. The van der Waals surface area contributed by atoms with Crippen molar-refractivity contribution in [3.8, 4) is 0 Å². The molecule has 0 saturated carbocycles. The van der Waals surface area contributed by atoms with Crippen LogP contribution in [-0.4, -0.2) is 14.5 Å². The van der Waals surface area contributed by atoms with Crippen molar-refractivity contribution in [3.05, 3.63) is 56.5 Å². The number of imidazole rings is 1. The first-order valence-corrected chi connectivity index (χ1v) is 9.62.